The minimum absolute atomic E-state index is 0.00406. The lowest BCUT2D eigenvalue weighted by molar-refractivity contribution is 0.0500. The van der Waals surface area contributed by atoms with E-state index in [4.69, 9.17) is 4.74 Å². The van der Waals surface area contributed by atoms with Gasteiger partial charge in [0.05, 0.1) is 6.10 Å². The minimum atomic E-state index is -0.547. The van der Waals surface area contributed by atoms with E-state index in [9.17, 15) is 14.7 Å². The van der Waals surface area contributed by atoms with Gasteiger partial charge in [0, 0.05) is 25.4 Å². The molecule has 8 nitrogen and oxygen atoms in total. The molecule has 0 aliphatic heterocycles. The molecule has 3 N–H and O–H groups in total. The average molecular weight is 312 g/mol. The fourth-order valence-corrected chi connectivity index (χ4v) is 2.79. The molecule has 124 valence electrons. The van der Waals surface area contributed by atoms with Gasteiger partial charge in [-0.2, -0.15) is 5.10 Å². The van der Waals surface area contributed by atoms with Crippen LogP contribution in [0.2, 0.25) is 0 Å². The van der Waals surface area contributed by atoms with Gasteiger partial charge in [-0.3, -0.25) is 4.57 Å². The Hall–Kier alpha value is -1.83. The molecule has 1 amide bonds. The van der Waals surface area contributed by atoms with Crippen molar-refractivity contribution in [3.63, 3.8) is 0 Å². The number of rotatable bonds is 3. The molecular formula is C14H24N4O4. The Morgan fingerprint density at radius 1 is 1.50 bits per heavy atom. The molecule has 2 rings (SSSR count). The molecule has 1 saturated carbocycles. The summed E-state index contributed by atoms with van der Waals surface area (Å²) in [5.74, 6) is 0.567. The lowest BCUT2D eigenvalue weighted by Gasteiger charge is -2.21. The Bertz CT molecular complexity index is 586. The van der Waals surface area contributed by atoms with Crippen molar-refractivity contribution in [2.75, 3.05) is 6.54 Å². The normalized spacial score (nSPS) is 25.2. The van der Waals surface area contributed by atoms with Crippen LogP contribution in [0.25, 0.3) is 0 Å². The molecule has 0 radical (unpaired) electrons. The predicted octanol–water partition coefficient (Wildman–Crippen LogP) is 0.488. The maximum Gasteiger partial charge on any atom is 0.407 e. The summed E-state index contributed by atoms with van der Waals surface area (Å²) < 4.78 is 6.63. The van der Waals surface area contributed by atoms with Crippen molar-refractivity contribution in [3.8, 4) is 0 Å². The van der Waals surface area contributed by atoms with E-state index in [0.717, 1.165) is 0 Å². The van der Waals surface area contributed by atoms with Crippen molar-refractivity contribution < 1.29 is 14.6 Å². The number of amides is 1. The van der Waals surface area contributed by atoms with Gasteiger partial charge < -0.3 is 15.2 Å². The van der Waals surface area contributed by atoms with Gasteiger partial charge in [-0.05, 0) is 33.6 Å². The molecule has 0 saturated heterocycles. The number of ether oxygens (including phenoxy) is 1. The number of aromatic amines is 1. The van der Waals surface area contributed by atoms with Gasteiger partial charge in [0.1, 0.15) is 11.4 Å². The van der Waals surface area contributed by atoms with E-state index in [1.807, 2.05) is 0 Å². The Labute approximate surface area is 128 Å². The number of H-pyrrole nitrogens is 1. The van der Waals surface area contributed by atoms with Gasteiger partial charge in [-0.25, -0.2) is 14.7 Å². The van der Waals surface area contributed by atoms with Crippen molar-refractivity contribution in [1.82, 2.24) is 20.1 Å². The Balaban J connectivity index is 1.90. The fraction of sp³-hybridized carbons (Fsp3) is 0.786. The number of hydrogen-bond donors (Lipinski definition) is 3. The number of aliphatic hydroxyl groups excluding tert-OH is 1. The molecule has 1 aliphatic carbocycles. The second-order valence-corrected chi connectivity index (χ2v) is 6.82. The third kappa shape index (κ3) is 3.88. The van der Waals surface area contributed by atoms with E-state index >= 15 is 0 Å². The first-order chi connectivity index (χ1) is 10.2. The average Bonchev–Trinajstić information content (AvgIpc) is 2.90. The highest BCUT2D eigenvalue weighted by Gasteiger charge is 2.36. The topological polar surface area (TPSA) is 109 Å². The highest BCUT2D eigenvalue weighted by molar-refractivity contribution is 5.67. The van der Waals surface area contributed by atoms with Gasteiger partial charge in [-0.1, -0.05) is 0 Å². The van der Waals surface area contributed by atoms with E-state index < -0.39 is 17.8 Å². The second kappa shape index (κ2) is 6.12. The van der Waals surface area contributed by atoms with Crippen molar-refractivity contribution in [3.05, 3.63) is 16.3 Å². The maximum absolute atomic E-state index is 11.7. The number of nitrogens with zero attached hydrogens (tertiary/aromatic N) is 2. The molecule has 8 heteroatoms. The van der Waals surface area contributed by atoms with Gasteiger partial charge in [0.15, 0.2) is 0 Å². The third-order valence-electron chi connectivity index (χ3n) is 3.84. The lowest BCUT2D eigenvalue weighted by atomic mass is 10.0. The zero-order chi connectivity index (χ0) is 16.5. The molecule has 22 heavy (non-hydrogen) atoms. The first kappa shape index (κ1) is 16.5. The summed E-state index contributed by atoms with van der Waals surface area (Å²) in [6.45, 7) is 5.73. The molecule has 1 aliphatic rings. The number of hydrogen-bond acceptors (Lipinski definition) is 5. The Morgan fingerprint density at radius 3 is 2.73 bits per heavy atom. The third-order valence-corrected chi connectivity index (χ3v) is 3.84. The first-order valence-electron chi connectivity index (χ1n) is 7.43. The highest BCUT2D eigenvalue weighted by Crippen LogP contribution is 2.36. The summed E-state index contributed by atoms with van der Waals surface area (Å²) >= 11 is 0. The van der Waals surface area contributed by atoms with Crippen LogP contribution in [0.4, 0.5) is 4.79 Å². The van der Waals surface area contributed by atoms with Crippen LogP contribution in [-0.4, -0.2) is 44.2 Å². The fourth-order valence-electron chi connectivity index (χ4n) is 2.79. The van der Waals surface area contributed by atoms with E-state index in [0.29, 0.717) is 25.2 Å². The van der Waals surface area contributed by atoms with Crippen LogP contribution in [0, 0.1) is 5.92 Å². The quantitative estimate of drug-likeness (QED) is 0.752. The SMILES string of the molecule is Cn1c(C2CC(O)C(CNC(=O)OC(C)(C)C)C2)n[nH]c1=O. The van der Waals surface area contributed by atoms with Crippen LogP contribution >= 0.6 is 0 Å². The number of carbonyl (C=O) groups excluding carboxylic acids is 1. The van der Waals surface area contributed by atoms with Crippen molar-refractivity contribution in [2.45, 2.75) is 51.2 Å². The Kier molecular flexibility index (Phi) is 4.60. The van der Waals surface area contributed by atoms with Crippen LogP contribution in [0.1, 0.15) is 45.4 Å². The van der Waals surface area contributed by atoms with E-state index in [2.05, 4.69) is 15.5 Å². The van der Waals surface area contributed by atoms with Crippen molar-refractivity contribution >= 4 is 6.09 Å². The molecule has 1 aromatic rings. The van der Waals surface area contributed by atoms with Crippen molar-refractivity contribution in [1.29, 1.82) is 0 Å². The van der Waals surface area contributed by atoms with Crippen LogP contribution in [0.15, 0.2) is 4.79 Å². The smallest absolute Gasteiger partial charge is 0.407 e. The molecule has 1 fully saturated rings. The first-order valence-corrected chi connectivity index (χ1v) is 7.43. The van der Waals surface area contributed by atoms with Gasteiger partial charge in [0.2, 0.25) is 0 Å². The monoisotopic (exact) mass is 312 g/mol. The van der Waals surface area contributed by atoms with Crippen molar-refractivity contribution in [2.24, 2.45) is 13.0 Å². The number of alkyl carbamates (subject to hydrolysis) is 1. The summed E-state index contributed by atoms with van der Waals surface area (Å²) in [5, 5.41) is 19.2. The number of aliphatic hydroxyl groups is 1. The molecule has 0 spiro atoms. The number of aromatic nitrogens is 3. The Morgan fingerprint density at radius 2 is 2.18 bits per heavy atom. The largest absolute Gasteiger partial charge is 0.444 e. The zero-order valence-corrected chi connectivity index (χ0v) is 13.4. The summed E-state index contributed by atoms with van der Waals surface area (Å²) in [5.41, 5.74) is -0.811. The van der Waals surface area contributed by atoms with Crippen LogP contribution in [-0.2, 0) is 11.8 Å². The molecular weight excluding hydrogens is 288 g/mol. The standard InChI is InChI=1S/C14H24N4O4/c1-14(2,3)22-13(21)15-7-9-5-8(6-10(9)19)11-16-17-12(20)18(11)4/h8-10,19H,5-7H2,1-4H3,(H,15,21)(H,17,20). The van der Waals surface area contributed by atoms with Crippen LogP contribution in [0.3, 0.4) is 0 Å². The van der Waals surface area contributed by atoms with Gasteiger partial charge in [0.25, 0.3) is 0 Å². The molecule has 3 atom stereocenters. The minimum Gasteiger partial charge on any atom is -0.444 e. The molecule has 0 aromatic carbocycles. The molecule has 1 heterocycles. The summed E-state index contributed by atoms with van der Waals surface area (Å²) in [6.07, 6.45) is 0.163. The zero-order valence-electron chi connectivity index (χ0n) is 13.4. The molecule has 1 aromatic heterocycles. The predicted molar refractivity (Wildman–Crippen MR) is 79.5 cm³/mol. The summed E-state index contributed by atoms with van der Waals surface area (Å²) in [7, 11) is 1.65. The second-order valence-electron chi connectivity index (χ2n) is 6.82. The number of carbonyl (C=O) groups is 1. The maximum atomic E-state index is 11.7. The van der Waals surface area contributed by atoms with Crippen LogP contribution in [0.5, 0.6) is 0 Å². The van der Waals surface area contributed by atoms with E-state index in [1.54, 1.807) is 27.8 Å². The van der Waals surface area contributed by atoms with E-state index in [-0.39, 0.29) is 17.5 Å². The highest BCUT2D eigenvalue weighted by atomic mass is 16.6. The molecule has 0 bridgehead atoms. The van der Waals surface area contributed by atoms with Crippen LogP contribution < -0.4 is 11.0 Å². The lowest BCUT2D eigenvalue weighted by Crippen LogP contribution is -2.36. The summed E-state index contributed by atoms with van der Waals surface area (Å²) in [4.78, 5) is 23.1. The number of nitrogens with one attached hydrogen (secondary N) is 2. The van der Waals surface area contributed by atoms with E-state index in [1.165, 1.54) is 4.57 Å². The molecule has 3 unspecified atom stereocenters. The van der Waals surface area contributed by atoms with Gasteiger partial charge in [-0.15, -0.1) is 0 Å². The summed E-state index contributed by atoms with van der Waals surface area (Å²) in [6, 6.07) is 0. The van der Waals surface area contributed by atoms with Gasteiger partial charge >= 0.3 is 11.8 Å².